The van der Waals surface area contributed by atoms with Crippen molar-refractivity contribution in [2.75, 3.05) is 0 Å². The fourth-order valence-corrected chi connectivity index (χ4v) is 3.43. The molecule has 0 aliphatic heterocycles. The first-order valence-corrected chi connectivity index (χ1v) is 7.52. The zero-order valence-corrected chi connectivity index (χ0v) is 13.3. The molecule has 0 aliphatic carbocycles. The molecule has 0 aliphatic rings. The standard InChI is InChI=1S/C14H15O2P.Na/c15-17(16,11-13-7-3-1-4-8-13)12-14-9-5-2-6-10-14;/h1-10H,11-12H2,(H,15,16);/q;+1/p-1. The summed E-state index contributed by atoms with van der Waals surface area (Å²) in [6, 6.07) is 18.6. The van der Waals surface area contributed by atoms with Crippen LogP contribution in [0.25, 0.3) is 0 Å². The Labute approximate surface area is 130 Å². The molecule has 2 rings (SSSR count). The van der Waals surface area contributed by atoms with Crippen molar-refractivity contribution in [2.24, 2.45) is 0 Å². The van der Waals surface area contributed by atoms with Gasteiger partial charge in [0.15, 0.2) is 0 Å². The summed E-state index contributed by atoms with van der Waals surface area (Å²) in [5, 5.41) is 0. The molecule has 88 valence electrons. The predicted octanol–water partition coefficient (Wildman–Crippen LogP) is 0.0292. The van der Waals surface area contributed by atoms with E-state index in [9.17, 15) is 9.46 Å². The second-order valence-electron chi connectivity index (χ2n) is 4.10. The smallest absolute Gasteiger partial charge is 0.799 e. The van der Waals surface area contributed by atoms with Crippen LogP contribution in [0, 0.1) is 0 Å². The van der Waals surface area contributed by atoms with E-state index in [-0.39, 0.29) is 41.9 Å². The van der Waals surface area contributed by atoms with Crippen LogP contribution in [0.4, 0.5) is 0 Å². The van der Waals surface area contributed by atoms with Gasteiger partial charge in [0, 0.05) is 19.7 Å². The number of rotatable bonds is 4. The van der Waals surface area contributed by atoms with E-state index in [1.54, 1.807) is 0 Å². The van der Waals surface area contributed by atoms with E-state index in [1.165, 1.54) is 0 Å². The summed E-state index contributed by atoms with van der Waals surface area (Å²) in [5.41, 5.74) is 1.70. The molecular formula is C14H14NaO2P. The van der Waals surface area contributed by atoms with Crippen molar-refractivity contribution in [2.45, 2.75) is 12.3 Å². The maximum absolute atomic E-state index is 12.0. The minimum atomic E-state index is -3.39. The van der Waals surface area contributed by atoms with Crippen LogP contribution >= 0.6 is 7.37 Å². The van der Waals surface area contributed by atoms with Crippen molar-refractivity contribution in [3.8, 4) is 0 Å². The van der Waals surface area contributed by atoms with Crippen molar-refractivity contribution in [1.29, 1.82) is 0 Å². The monoisotopic (exact) mass is 268 g/mol. The third-order valence-electron chi connectivity index (χ3n) is 2.53. The third-order valence-corrected chi connectivity index (χ3v) is 4.23. The summed E-state index contributed by atoms with van der Waals surface area (Å²) < 4.78 is 12.0. The summed E-state index contributed by atoms with van der Waals surface area (Å²) in [6.45, 7) is 0. The van der Waals surface area contributed by atoms with E-state index < -0.39 is 7.37 Å². The number of benzene rings is 2. The Bertz CT molecular complexity index is 468. The Balaban J connectivity index is 0.00000162. The molecule has 2 aromatic rings. The predicted molar refractivity (Wildman–Crippen MR) is 67.9 cm³/mol. The normalized spacial score (nSPS) is 10.7. The Morgan fingerprint density at radius 2 is 1.11 bits per heavy atom. The minimum Gasteiger partial charge on any atom is -0.799 e. The molecule has 18 heavy (non-hydrogen) atoms. The summed E-state index contributed by atoms with van der Waals surface area (Å²) in [4.78, 5) is 12.0. The van der Waals surface area contributed by atoms with Gasteiger partial charge in [-0.3, -0.25) is 0 Å². The largest absolute Gasteiger partial charge is 1.00 e. The number of hydrogen-bond acceptors (Lipinski definition) is 2. The van der Waals surface area contributed by atoms with Crippen LogP contribution in [0.15, 0.2) is 60.7 Å². The quantitative estimate of drug-likeness (QED) is 0.580. The first-order valence-electron chi connectivity index (χ1n) is 5.53. The molecular weight excluding hydrogens is 254 g/mol. The molecule has 0 unspecified atom stereocenters. The van der Waals surface area contributed by atoms with Gasteiger partial charge in [-0.05, 0) is 11.1 Å². The molecule has 0 saturated heterocycles. The SMILES string of the molecule is O=P([O-])(Cc1ccccc1)Cc1ccccc1.[Na+]. The van der Waals surface area contributed by atoms with Gasteiger partial charge < -0.3 is 9.46 Å². The van der Waals surface area contributed by atoms with E-state index in [0.29, 0.717) is 0 Å². The average molecular weight is 268 g/mol. The zero-order valence-electron chi connectivity index (χ0n) is 10.5. The molecule has 2 aromatic carbocycles. The molecule has 0 atom stereocenters. The van der Waals surface area contributed by atoms with Crippen LogP contribution in [0.3, 0.4) is 0 Å². The van der Waals surface area contributed by atoms with Gasteiger partial charge >= 0.3 is 29.6 Å². The van der Waals surface area contributed by atoms with Gasteiger partial charge in [-0.1, -0.05) is 60.7 Å². The summed E-state index contributed by atoms with van der Waals surface area (Å²) >= 11 is 0. The van der Waals surface area contributed by atoms with Crippen molar-refractivity contribution in [1.82, 2.24) is 0 Å². The van der Waals surface area contributed by atoms with E-state index in [0.717, 1.165) is 11.1 Å². The van der Waals surface area contributed by atoms with Crippen LogP contribution in [0.5, 0.6) is 0 Å². The fourth-order valence-electron chi connectivity index (χ4n) is 1.78. The minimum absolute atomic E-state index is 0. The molecule has 0 amide bonds. The van der Waals surface area contributed by atoms with Crippen LogP contribution in [0.1, 0.15) is 11.1 Å². The van der Waals surface area contributed by atoms with Crippen molar-refractivity contribution >= 4 is 7.37 Å². The van der Waals surface area contributed by atoms with Crippen LogP contribution in [-0.4, -0.2) is 0 Å². The van der Waals surface area contributed by atoms with Gasteiger partial charge in [0.05, 0.1) is 0 Å². The molecule has 0 bridgehead atoms. The average Bonchev–Trinajstić information content (AvgIpc) is 2.30. The van der Waals surface area contributed by atoms with Crippen molar-refractivity contribution in [3.05, 3.63) is 71.8 Å². The Kier molecular flexibility index (Phi) is 6.34. The van der Waals surface area contributed by atoms with Crippen LogP contribution < -0.4 is 34.5 Å². The Hall–Kier alpha value is -0.370. The summed E-state index contributed by atoms with van der Waals surface area (Å²) in [7, 11) is -3.39. The molecule has 0 fully saturated rings. The maximum Gasteiger partial charge on any atom is 1.00 e. The molecule has 0 heterocycles. The Morgan fingerprint density at radius 3 is 1.44 bits per heavy atom. The Morgan fingerprint density at radius 1 is 0.778 bits per heavy atom. The molecule has 2 nitrogen and oxygen atoms in total. The van der Waals surface area contributed by atoms with Crippen LogP contribution in [0.2, 0.25) is 0 Å². The first kappa shape index (κ1) is 15.7. The first-order chi connectivity index (χ1) is 8.16. The third kappa shape index (κ3) is 5.09. The molecule has 0 radical (unpaired) electrons. The van der Waals surface area contributed by atoms with E-state index in [2.05, 4.69) is 0 Å². The second-order valence-corrected chi connectivity index (χ2v) is 6.36. The van der Waals surface area contributed by atoms with Crippen molar-refractivity contribution < 1.29 is 39.0 Å². The summed E-state index contributed by atoms with van der Waals surface area (Å²) in [5.74, 6) is 0. The molecule has 0 saturated carbocycles. The van der Waals surface area contributed by atoms with Gasteiger partial charge in [0.25, 0.3) is 0 Å². The van der Waals surface area contributed by atoms with Crippen molar-refractivity contribution in [3.63, 3.8) is 0 Å². The molecule has 0 N–H and O–H groups in total. The van der Waals surface area contributed by atoms with Gasteiger partial charge in [0.1, 0.15) is 0 Å². The second kappa shape index (κ2) is 7.28. The van der Waals surface area contributed by atoms with E-state index >= 15 is 0 Å². The van der Waals surface area contributed by atoms with E-state index in [1.807, 2.05) is 60.7 Å². The van der Waals surface area contributed by atoms with Crippen LogP contribution in [-0.2, 0) is 16.9 Å². The van der Waals surface area contributed by atoms with E-state index in [4.69, 9.17) is 0 Å². The topological polar surface area (TPSA) is 40.1 Å². The van der Waals surface area contributed by atoms with Gasteiger partial charge in [-0.25, -0.2) is 0 Å². The fraction of sp³-hybridized carbons (Fsp3) is 0.143. The number of hydrogen-bond donors (Lipinski definition) is 0. The molecule has 4 heteroatoms. The molecule has 0 aromatic heterocycles. The summed E-state index contributed by atoms with van der Waals surface area (Å²) in [6.07, 6.45) is 0.255. The maximum atomic E-state index is 12.0. The van der Waals surface area contributed by atoms with Gasteiger partial charge in [-0.2, -0.15) is 0 Å². The van der Waals surface area contributed by atoms with Gasteiger partial charge in [-0.15, -0.1) is 0 Å². The zero-order chi connectivity index (χ0) is 12.1. The van der Waals surface area contributed by atoms with Gasteiger partial charge in [0.2, 0.25) is 0 Å². The molecule has 0 spiro atoms.